The first-order valence-electron chi connectivity index (χ1n) is 6.05. The maximum absolute atomic E-state index is 5.82. The van der Waals surface area contributed by atoms with Gasteiger partial charge in [0.25, 0.3) is 0 Å². The third-order valence-electron chi connectivity index (χ3n) is 4.10. The Morgan fingerprint density at radius 1 is 1.39 bits per heavy atom. The van der Waals surface area contributed by atoms with Crippen molar-refractivity contribution in [3.05, 3.63) is 32.2 Å². The van der Waals surface area contributed by atoms with Gasteiger partial charge in [-0.25, -0.2) is 0 Å². The van der Waals surface area contributed by atoms with Gasteiger partial charge in [0.2, 0.25) is 0 Å². The van der Waals surface area contributed by atoms with Crippen molar-refractivity contribution in [2.45, 2.75) is 32.0 Å². The van der Waals surface area contributed by atoms with Crippen LogP contribution in [0.3, 0.4) is 0 Å². The van der Waals surface area contributed by atoms with E-state index >= 15 is 0 Å². The molecule has 0 aromatic rings. The van der Waals surface area contributed by atoms with Crippen LogP contribution in [0, 0.1) is 18.8 Å². The first-order valence-corrected chi connectivity index (χ1v) is 6.95. The molecule has 2 aliphatic rings. The van der Waals surface area contributed by atoms with Gasteiger partial charge in [-0.3, -0.25) is 0 Å². The molecule has 2 rings (SSSR count). The zero-order valence-corrected chi connectivity index (χ0v) is 12.9. The Labute approximate surface area is 121 Å². The van der Waals surface area contributed by atoms with Crippen molar-refractivity contribution in [2.24, 2.45) is 11.3 Å². The molecule has 0 aromatic heterocycles. The van der Waals surface area contributed by atoms with Gasteiger partial charge < -0.3 is 7.43 Å². The molecule has 2 fully saturated rings. The zero-order valence-electron chi connectivity index (χ0n) is 11.3. The molecule has 0 amide bonds. The molecule has 1 saturated carbocycles. The molecule has 0 unspecified atom stereocenters. The van der Waals surface area contributed by atoms with Crippen LogP contribution in [0.25, 0.3) is 0 Å². The second-order valence-corrected chi connectivity index (χ2v) is 5.70. The molecule has 1 saturated heterocycles. The molecule has 0 N–H and O–H groups in total. The van der Waals surface area contributed by atoms with E-state index in [4.69, 9.17) is 9.47 Å². The van der Waals surface area contributed by atoms with Crippen molar-refractivity contribution in [3.63, 3.8) is 0 Å². The van der Waals surface area contributed by atoms with Gasteiger partial charge in [0.05, 0.1) is 0 Å². The Bertz CT molecular complexity index is 344. The fraction of sp³-hybridized carbons (Fsp3) is 0.600. The van der Waals surface area contributed by atoms with E-state index in [1.165, 1.54) is 0 Å². The van der Waals surface area contributed by atoms with Gasteiger partial charge in [0, 0.05) is 0 Å². The molecule has 1 aliphatic heterocycles. The van der Waals surface area contributed by atoms with Crippen LogP contribution in [0.4, 0.5) is 0 Å². The molecular weight excluding hydrogens is 319 g/mol. The largest absolute Gasteiger partial charge is 0.358 e. The minimum absolute atomic E-state index is 0. The number of allylic oxidation sites excluding steroid dienone is 2. The van der Waals surface area contributed by atoms with Crippen LogP contribution in [-0.4, -0.2) is 23.5 Å². The van der Waals surface area contributed by atoms with Crippen molar-refractivity contribution in [1.82, 2.24) is 0 Å². The van der Waals surface area contributed by atoms with Crippen molar-refractivity contribution < 1.29 is 28.2 Å². The third kappa shape index (κ3) is 2.75. The maximum atomic E-state index is 5.82. The molecule has 0 bridgehead atoms. The van der Waals surface area contributed by atoms with Gasteiger partial charge in [-0.05, 0) is 0 Å². The average molecular weight is 342 g/mol. The summed E-state index contributed by atoms with van der Waals surface area (Å²) in [6.07, 6.45) is 4.90. The fourth-order valence-corrected chi connectivity index (χ4v) is 3.43. The standard InChI is InChI=1S/C14H20O2.CH3.Pd/c1-5-13(4)10-14(15-8-9-16-14)7-6-12(13)11(2)3;;/h2,5,12H,1,3,6-10H2,4H3;1H3;/q;-1;/t12-,13+;;/m0../s1. The van der Waals surface area contributed by atoms with Gasteiger partial charge in [-0.15, -0.1) is 0 Å². The van der Waals surface area contributed by atoms with E-state index in [9.17, 15) is 0 Å². The van der Waals surface area contributed by atoms with Crippen molar-refractivity contribution in [3.8, 4) is 0 Å². The van der Waals surface area contributed by atoms with E-state index in [2.05, 4.69) is 38.8 Å². The van der Waals surface area contributed by atoms with Crippen LogP contribution in [0.1, 0.15) is 26.2 Å². The monoisotopic (exact) mass is 341 g/mol. The van der Waals surface area contributed by atoms with Crippen LogP contribution in [0.2, 0.25) is 0 Å². The van der Waals surface area contributed by atoms with E-state index in [1.807, 2.05) is 10.6 Å². The quantitative estimate of drug-likeness (QED) is 0.446. The maximum Gasteiger partial charge on any atom is -0.358 e. The molecule has 3 heteroatoms. The molecule has 106 valence electrons. The smallest absolute Gasteiger partial charge is 0.358 e. The van der Waals surface area contributed by atoms with Crippen LogP contribution >= 0.6 is 0 Å². The molecule has 18 heavy (non-hydrogen) atoms. The van der Waals surface area contributed by atoms with Gasteiger partial charge in [-0.1, -0.05) is 0 Å². The molecule has 0 radical (unpaired) electrons. The predicted octanol–water partition coefficient (Wildman–Crippen LogP) is 3.08. The Kier molecular flexibility index (Phi) is 5.26. The summed E-state index contributed by atoms with van der Waals surface area (Å²) >= 11 is 3.12. The summed E-state index contributed by atoms with van der Waals surface area (Å²) in [4.78, 5) is 0. The summed E-state index contributed by atoms with van der Waals surface area (Å²) in [5.74, 6) is 0.0581. The van der Waals surface area contributed by atoms with Crippen LogP contribution in [0.15, 0.2) is 24.8 Å². The third-order valence-corrected chi connectivity index (χ3v) is 4.68. The predicted molar refractivity (Wildman–Crippen MR) is 71.9 cm³/mol. The van der Waals surface area contributed by atoms with Gasteiger partial charge in [-0.2, -0.15) is 0 Å². The fourth-order valence-electron chi connectivity index (χ4n) is 3.12. The SMILES string of the molecule is C=C[C@]1(C)CC2(CC[C@H]1C(=C)[CH]=[Pd])OCCO2.[CH3-]. The van der Waals surface area contributed by atoms with Crippen molar-refractivity contribution in [1.29, 1.82) is 0 Å². The Hall–Kier alpha value is -0.0677. The van der Waals surface area contributed by atoms with E-state index in [0.717, 1.165) is 24.8 Å². The second-order valence-electron chi connectivity index (χ2n) is 5.25. The number of hydrogen-bond acceptors (Lipinski definition) is 2. The van der Waals surface area contributed by atoms with Gasteiger partial charge in [0.1, 0.15) is 0 Å². The van der Waals surface area contributed by atoms with E-state index in [-0.39, 0.29) is 18.6 Å². The van der Waals surface area contributed by atoms with Crippen molar-refractivity contribution >= 4 is 4.49 Å². The molecular formula is C15H23O2Pd-. The second kappa shape index (κ2) is 5.93. The molecule has 2 nitrogen and oxygen atoms in total. The van der Waals surface area contributed by atoms with Crippen LogP contribution in [-0.2, 0) is 28.2 Å². The van der Waals surface area contributed by atoms with Gasteiger partial charge >= 0.3 is 114 Å². The Balaban J connectivity index is 0.00000162. The van der Waals surface area contributed by atoms with Crippen LogP contribution in [0.5, 0.6) is 0 Å². The van der Waals surface area contributed by atoms with E-state index in [1.54, 1.807) is 0 Å². The molecule has 1 heterocycles. The van der Waals surface area contributed by atoms with E-state index < -0.39 is 0 Å². The summed E-state index contributed by atoms with van der Waals surface area (Å²) in [7, 11) is 0. The first kappa shape index (κ1) is 16.0. The summed E-state index contributed by atoms with van der Waals surface area (Å²) in [6, 6.07) is 0. The number of hydrogen-bond donors (Lipinski definition) is 0. The van der Waals surface area contributed by atoms with Gasteiger partial charge in [0.15, 0.2) is 0 Å². The molecule has 0 aromatic carbocycles. The van der Waals surface area contributed by atoms with Crippen molar-refractivity contribution in [2.75, 3.05) is 13.2 Å². The van der Waals surface area contributed by atoms with E-state index in [0.29, 0.717) is 19.1 Å². The zero-order chi connectivity index (χ0) is 12.5. The summed E-state index contributed by atoms with van der Waals surface area (Å²) in [5, 5.41) is 0. The minimum atomic E-state index is -0.366. The summed E-state index contributed by atoms with van der Waals surface area (Å²) < 4.78 is 13.6. The Morgan fingerprint density at radius 2 is 2.00 bits per heavy atom. The topological polar surface area (TPSA) is 18.5 Å². The minimum Gasteiger partial charge on any atom is -0.358 e. The molecule has 1 spiro atoms. The Morgan fingerprint density at radius 3 is 2.50 bits per heavy atom. The summed E-state index contributed by atoms with van der Waals surface area (Å²) in [6.45, 7) is 11.8. The number of ether oxygens (including phenoxy) is 2. The first-order chi connectivity index (χ1) is 8.05. The molecule has 1 aliphatic carbocycles. The summed E-state index contributed by atoms with van der Waals surface area (Å²) in [5.41, 5.74) is 1.14. The normalized spacial score (nSPS) is 33.8. The molecule has 2 atom stereocenters. The number of rotatable bonds is 3. The average Bonchev–Trinajstić information content (AvgIpc) is 2.76. The van der Waals surface area contributed by atoms with Crippen LogP contribution < -0.4 is 0 Å².